The monoisotopic (exact) mass is 268 g/mol. The van der Waals surface area contributed by atoms with Gasteiger partial charge in [-0.15, -0.1) is 11.3 Å². The van der Waals surface area contributed by atoms with E-state index in [4.69, 9.17) is 5.73 Å². The highest BCUT2D eigenvalue weighted by Gasteiger charge is 2.12. The normalized spacial score (nSPS) is 12.6. The van der Waals surface area contributed by atoms with Gasteiger partial charge in [-0.05, 0) is 13.3 Å². The number of unbranched alkanes of at least 4 members (excludes halogenated alkanes) is 5. The zero-order chi connectivity index (χ0) is 13.4. The van der Waals surface area contributed by atoms with Crippen LogP contribution in [0.2, 0.25) is 0 Å². The number of hydrogen-bond acceptors (Lipinski definition) is 4. The van der Waals surface area contributed by atoms with Crippen molar-refractivity contribution in [1.82, 2.24) is 4.98 Å². The maximum absolute atomic E-state index is 11.9. The van der Waals surface area contributed by atoms with Gasteiger partial charge in [-0.25, -0.2) is 4.98 Å². The molecule has 0 spiro atoms. The highest BCUT2D eigenvalue weighted by Crippen LogP contribution is 2.18. The molecular weight excluding hydrogens is 244 g/mol. The molecule has 1 atom stereocenters. The fourth-order valence-corrected chi connectivity index (χ4v) is 2.60. The molecule has 0 aliphatic heterocycles. The average molecular weight is 268 g/mol. The predicted molar refractivity (Wildman–Crippen MR) is 77.0 cm³/mol. The van der Waals surface area contributed by atoms with Gasteiger partial charge in [0.05, 0.1) is 6.04 Å². The number of carbonyl (C=O) groups is 1. The maximum atomic E-state index is 11.9. The lowest BCUT2D eigenvalue weighted by atomic mass is 10.1. The molecule has 1 rings (SSSR count). The lowest BCUT2D eigenvalue weighted by Gasteiger charge is -2.00. The smallest absolute Gasteiger partial charge is 0.182 e. The fourth-order valence-electron chi connectivity index (χ4n) is 1.82. The van der Waals surface area contributed by atoms with Gasteiger partial charge in [-0.3, -0.25) is 4.79 Å². The van der Waals surface area contributed by atoms with E-state index in [0.717, 1.165) is 17.8 Å². The van der Waals surface area contributed by atoms with E-state index in [0.29, 0.717) is 12.1 Å². The molecule has 0 aliphatic carbocycles. The summed E-state index contributed by atoms with van der Waals surface area (Å²) in [5.74, 6) is 0.161. The van der Waals surface area contributed by atoms with Crippen LogP contribution < -0.4 is 5.73 Å². The van der Waals surface area contributed by atoms with Crippen molar-refractivity contribution in [2.75, 3.05) is 0 Å². The zero-order valence-electron chi connectivity index (χ0n) is 11.4. The summed E-state index contributed by atoms with van der Waals surface area (Å²) in [6.45, 7) is 4.10. The van der Waals surface area contributed by atoms with Crippen molar-refractivity contribution in [3.8, 4) is 0 Å². The molecule has 0 fully saturated rings. The first-order chi connectivity index (χ1) is 8.65. The second-order valence-electron chi connectivity index (χ2n) is 4.80. The molecule has 0 saturated carbocycles. The van der Waals surface area contributed by atoms with E-state index in [9.17, 15) is 4.79 Å². The standard InChI is InChI=1S/C14H24N2OS/c1-3-4-5-6-7-8-9-13(17)12-10-18-14(16-12)11(2)15/h10-11H,3-9,15H2,1-2H3. The van der Waals surface area contributed by atoms with Crippen molar-refractivity contribution in [1.29, 1.82) is 0 Å². The summed E-state index contributed by atoms with van der Waals surface area (Å²) in [7, 11) is 0. The van der Waals surface area contributed by atoms with E-state index >= 15 is 0 Å². The van der Waals surface area contributed by atoms with Crippen LogP contribution in [0.5, 0.6) is 0 Å². The highest BCUT2D eigenvalue weighted by molar-refractivity contribution is 7.09. The minimum atomic E-state index is -0.0782. The summed E-state index contributed by atoms with van der Waals surface area (Å²) < 4.78 is 0. The average Bonchev–Trinajstić information content (AvgIpc) is 2.83. The molecule has 2 N–H and O–H groups in total. The Morgan fingerprint density at radius 2 is 2.00 bits per heavy atom. The topological polar surface area (TPSA) is 56.0 Å². The van der Waals surface area contributed by atoms with Crippen LogP contribution in [0, 0.1) is 0 Å². The van der Waals surface area contributed by atoms with Gasteiger partial charge in [-0.1, -0.05) is 39.0 Å². The van der Waals surface area contributed by atoms with Gasteiger partial charge in [0.15, 0.2) is 5.78 Å². The second kappa shape index (κ2) is 8.38. The van der Waals surface area contributed by atoms with Gasteiger partial charge in [-0.2, -0.15) is 0 Å². The molecule has 1 unspecified atom stereocenters. The molecule has 1 aromatic rings. The largest absolute Gasteiger partial charge is 0.322 e. The molecule has 4 heteroatoms. The van der Waals surface area contributed by atoms with Crippen molar-refractivity contribution in [2.45, 2.75) is 64.8 Å². The van der Waals surface area contributed by atoms with Gasteiger partial charge in [0.2, 0.25) is 0 Å². The molecule has 0 bridgehead atoms. The van der Waals surface area contributed by atoms with E-state index in [1.807, 2.05) is 12.3 Å². The minimum Gasteiger partial charge on any atom is -0.322 e. The Labute approximate surface area is 114 Å². The Hall–Kier alpha value is -0.740. The van der Waals surface area contributed by atoms with Crippen molar-refractivity contribution in [2.24, 2.45) is 5.73 Å². The lowest BCUT2D eigenvalue weighted by Crippen LogP contribution is -2.06. The number of ketones is 1. The summed E-state index contributed by atoms with van der Waals surface area (Å²) in [6.07, 6.45) is 7.84. The van der Waals surface area contributed by atoms with Crippen LogP contribution >= 0.6 is 11.3 Å². The minimum absolute atomic E-state index is 0.0782. The van der Waals surface area contributed by atoms with Crippen molar-refractivity contribution in [3.05, 3.63) is 16.1 Å². The number of aromatic nitrogens is 1. The van der Waals surface area contributed by atoms with E-state index < -0.39 is 0 Å². The number of Topliss-reactive ketones (excluding diaryl/α,β-unsaturated/α-hetero) is 1. The fraction of sp³-hybridized carbons (Fsp3) is 0.714. The Balaban J connectivity index is 2.23. The van der Waals surface area contributed by atoms with Crippen molar-refractivity contribution in [3.63, 3.8) is 0 Å². The maximum Gasteiger partial charge on any atom is 0.182 e. The molecule has 18 heavy (non-hydrogen) atoms. The van der Waals surface area contributed by atoms with Crippen LogP contribution in [-0.4, -0.2) is 10.8 Å². The summed E-state index contributed by atoms with van der Waals surface area (Å²) in [5.41, 5.74) is 6.33. The third kappa shape index (κ3) is 5.27. The SMILES string of the molecule is CCCCCCCCC(=O)c1csc(C(C)N)n1. The van der Waals surface area contributed by atoms with Gasteiger partial charge < -0.3 is 5.73 Å². The Bertz CT molecular complexity index is 360. The summed E-state index contributed by atoms with van der Waals surface area (Å²) in [6, 6.07) is -0.0782. The second-order valence-corrected chi connectivity index (χ2v) is 5.69. The van der Waals surface area contributed by atoms with Crippen LogP contribution in [0.1, 0.15) is 80.3 Å². The zero-order valence-corrected chi connectivity index (χ0v) is 12.3. The molecule has 0 aromatic carbocycles. The molecule has 1 aromatic heterocycles. The number of carbonyl (C=O) groups excluding carboxylic acids is 1. The van der Waals surface area contributed by atoms with Gasteiger partial charge >= 0.3 is 0 Å². The number of hydrogen-bond donors (Lipinski definition) is 1. The molecule has 0 amide bonds. The summed E-state index contributed by atoms with van der Waals surface area (Å²) >= 11 is 1.48. The predicted octanol–water partition coefficient (Wildman–Crippen LogP) is 4.10. The first-order valence-electron chi connectivity index (χ1n) is 6.89. The summed E-state index contributed by atoms with van der Waals surface area (Å²) in [5, 5.41) is 2.68. The van der Waals surface area contributed by atoms with Crippen LogP contribution in [0.15, 0.2) is 5.38 Å². The third-order valence-electron chi connectivity index (χ3n) is 2.95. The number of nitrogens with zero attached hydrogens (tertiary/aromatic N) is 1. The molecule has 102 valence electrons. The summed E-state index contributed by atoms with van der Waals surface area (Å²) in [4.78, 5) is 16.2. The Kier molecular flexibility index (Phi) is 7.13. The van der Waals surface area contributed by atoms with Gasteiger partial charge in [0.25, 0.3) is 0 Å². The number of nitrogens with two attached hydrogens (primary N) is 1. The van der Waals surface area contributed by atoms with E-state index in [-0.39, 0.29) is 11.8 Å². The van der Waals surface area contributed by atoms with Crippen molar-refractivity contribution < 1.29 is 4.79 Å². The number of thiazole rings is 1. The van der Waals surface area contributed by atoms with Crippen LogP contribution in [0.25, 0.3) is 0 Å². The molecular formula is C14H24N2OS. The molecule has 1 heterocycles. The van der Waals surface area contributed by atoms with E-state index in [2.05, 4.69) is 11.9 Å². The van der Waals surface area contributed by atoms with E-state index in [1.54, 1.807) is 0 Å². The highest BCUT2D eigenvalue weighted by atomic mass is 32.1. The van der Waals surface area contributed by atoms with Gasteiger partial charge in [0, 0.05) is 11.8 Å². The van der Waals surface area contributed by atoms with Gasteiger partial charge in [0.1, 0.15) is 10.7 Å². The van der Waals surface area contributed by atoms with Crippen LogP contribution in [-0.2, 0) is 0 Å². The van der Waals surface area contributed by atoms with Crippen molar-refractivity contribution >= 4 is 17.1 Å². The first-order valence-corrected chi connectivity index (χ1v) is 7.77. The Morgan fingerprint density at radius 1 is 1.33 bits per heavy atom. The van der Waals surface area contributed by atoms with Crippen LogP contribution in [0.4, 0.5) is 0 Å². The molecule has 0 aliphatic rings. The molecule has 3 nitrogen and oxygen atoms in total. The van der Waals surface area contributed by atoms with E-state index in [1.165, 1.54) is 37.0 Å². The quantitative estimate of drug-likeness (QED) is 0.542. The first kappa shape index (κ1) is 15.3. The lowest BCUT2D eigenvalue weighted by molar-refractivity contribution is 0.0974. The Morgan fingerprint density at radius 3 is 2.61 bits per heavy atom. The molecule has 0 saturated heterocycles. The third-order valence-corrected chi connectivity index (χ3v) is 4.00. The number of rotatable bonds is 9. The van der Waals surface area contributed by atoms with Crippen LogP contribution in [0.3, 0.4) is 0 Å². The molecule has 0 radical (unpaired) electrons.